The number of benzene rings is 1. The molecule has 1 aromatic carbocycles. The maximum Gasteiger partial charge on any atom is 0.322 e. The van der Waals surface area contributed by atoms with Gasteiger partial charge in [-0.05, 0) is 12.0 Å². The Bertz CT molecular complexity index is 572. The largest absolute Gasteiger partial charge is 0.339 e. The number of amides is 4. The zero-order valence-corrected chi connectivity index (χ0v) is 10.9. The second kappa shape index (κ2) is 4.63. The number of imide groups is 1. The van der Waals surface area contributed by atoms with E-state index in [0.717, 1.165) is 5.56 Å². The molecular formula is C14H15N3O3. The van der Waals surface area contributed by atoms with Crippen LogP contribution >= 0.6 is 0 Å². The van der Waals surface area contributed by atoms with E-state index in [2.05, 4.69) is 10.6 Å². The summed E-state index contributed by atoms with van der Waals surface area (Å²) in [5, 5.41) is 4.87. The molecule has 6 heteroatoms. The lowest BCUT2D eigenvalue weighted by Gasteiger charge is -2.21. The fraction of sp³-hybridized carbons (Fsp3) is 0.357. The number of carbonyl (C=O) groups excluding carboxylic acids is 3. The first kappa shape index (κ1) is 12.7. The summed E-state index contributed by atoms with van der Waals surface area (Å²) in [5.74, 6) is -0.362. The molecule has 1 unspecified atom stereocenters. The van der Waals surface area contributed by atoms with Crippen molar-refractivity contribution in [3.63, 3.8) is 0 Å². The average Bonchev–Trinajstić information content (AvgIpc) is 2.96. The Morgan fingerprint density at radius 3 is 2.65 bits per heavy atom. The highest BCUT2D eigenvalue weighted by Crippen LogP contribution is 2.25. The van der Waals surface area contributed by atoms with E-state index in [-0.39, 0.29) is 18.4 Å². The third-order valence-corrected chi connectivity index (χ3v) is 3.83. The Morgan fingerprint density at radius 1 is 1.25 bits per heavy atom. The lowest BCUT2D eigenvalue weighted by Crippen LogP contribution is -2.49. The molecule has 1 aromatic rings. The number of hydrogen-bond acceptors (Lipinski definition) is 3. The average molecular weight is 273 g/mol. The molecular weight excluding hydrogens is 258 g/mol. The Balaban J connectivity index is 1.67. The van der Waals surface area contributed by atoms with E-state index >= 15 is 0 Å². The van der Waals surface area contributed by atoms with Gasteiger partial charge in [0.15, 0.2) is 0 Å². The highest BCUT2D eigenvalue weighted by molar-refractivity contribution is 6.07. The number of rotatable bonds is 2. The summed E-state index contributed by atoms with van der Waals surface area (Å²) in [7, 11) is 0. The van der Waals surface area contributed by atoms with Crippen molar-refractivity contribution in [2.75, 3.05) is 13.1 Å². The summed E-state index contributed by atoms with van der Waals surface area (Å²) in [5.41, 5.74) is 0.0158. The van der Waals surface area contributed by atoms with Gasteiger partial charge >= 0.3 is 6.03 Å². The van der Waals surface area contributed by atoms with Crippen LogP contribution < -0.4 is 10.6 Å². The highest BCUT2D eigenvalue weighted by atomic mass is 16.2. The Hall–Kier alpha value is -2.37. The predicted molar refractivity (Wildman–Crippen MR) is 70.7 cm³/mol. The van der Waals surface area contributed by atoms with Gasteiger partial charge in [0.05, 0.1) is 13.0 Å². The van der Waals surface area contributed by atoms with E-state index in [1.54, 1.807) is 4.90 Å². The van der Waals surface area contributed by atoms with Crippen LogP contribution in [-0.4, -0.2) is 41.4 Å². The van der Waals surface area contributed by atoms with E-state index in [0.29, 0.717) is 19.4 Å². The molecule has 0 saturated carbocycles. The molecule has 1 atom stereocenters. The fourth-order valence-corrected chi connectivity index (χ4v) is 2.72. The van der Waals surface area contributed by atoms with Crippen molar-refractivity contribution in [3.8, 4) is 0 Å². The number of hydrogen-bond donors (Lipinski definition) is 2. The maximum absolute atomic E-state index is 12.2. The first-order valence-electron chi connectivity index (χ1n) is 6.54. The smallest absolute Gasteiger partial charge is 0.322 e. The number of nitrogens with zero attached hydrogens (tertiary/aromatic N) is 1. The standard InChI is InChI=1S/C14H15N3O3/c18-11(8-10-4-2-1-3-5-10)17-7-6-14(9-17)12(19)15-13(20)16-14/h1-5H,6-9H2,(H2,15,16,19,20). The molecule has 2 saturated heterocycles. The fourth-order valence-electron chi connectivity index (χ4n) is 2.72. The Labute approximate surface area is 116 Å². The minimum atomic E-state index is -0.927. The highest BCUT2D eigenvalue weighted by Gasteiger charge is 2.51. The topological polar surface area (TPSA) is 78.5 Å². The zero-order chi connectivity index (χ0) is 14.2. The number of likely N-dealkylation sites (tertiary alicyclic amines) is 1. The van der Waals surface area contributed by atoms with Gasteiger partial charge in [-0.15, -0.1) is 0 Å². The van der Waals surface area contributed by atoms with Crippen LogP contribution in [0.25, 0.3) is 0 Å². The predicted octanol–water partition coefficient (Wildman–Crippen LogP) is 0.0396. The molecule has 4 amide bonds. The second-order valence-corrected chi connectivity index (χ2v) is 5.22. The van der Waals surface area contributed by atoms with Gasteiger partial charge in [-0.25, -0.2) is 4.79 Å². The molecule has 0 aromatic heterocycles. The first-order chi connectivity index (χ1) is 9.59. The number of carbonyl (C=O) groups is 3. The zero-order valence-electron chi connectivity index (χ0n) is 10.9. The second-order valence-electron chi connectivity index (χ2n) is 5.22. The molecule has 2 N–H and O–H groups in total. The van der Waals surface area contributed by atoms with Gasteiger partial charge in [0.1, 0.15) is 5.54 Å². The molecule has 0 aliphatic carbocycles. The van der Waals surface area contributed by atoms with E-state index in [9.17, 15) is 14.4 Å². The minimum absolute atomic E-state index is 0.0259. The summed E-state index contributed by atoms with van der Waals surface area (Å²) >= 11 is 0. The summed E-state index contributed by atoms with van der Waals surface area (Å²) in [4.78, 5) is 36.9. The summed E-state index contributed by atoms with van der Waals surface area (Å²) in [6.07, 6.45) is 0.775. The van der Waals surface area contributed by atoms with E-state index in [4.69, 9.17) is 0 Å². The molecule has 2 aliphatic heterocycles. The van der Waals surface area contributed by atoms with E-state index in [1.165, 1.54) is 0 Å². The lowest BCUT2D eigenvalue weighted by molar-refractivity contribution is -0.130. The molecule has 3 rings (SSSR count). The van der Waals surface area contributed by atoms with Crippen molar-refractivity contribution in [2.45, 2.75) is 18.4 Å². The van der Waals surface area contributed by atoms with Crippen LogP contribution in [0.15, 0.2) is 30.3 Å². The molecule has 0 bridgehead atoms. The SMILES string of the molecule is O=C1NC(=O)C2(CCN(C(=O)Cc3ccccc3)C2)N1. The van der Waals surface area contributed by atoms with Crippen LogP contribution in [0.4, 0.5) is 4.79 Å². The van der Waals surface area contributed by atoms with Crippen LogP contribution in [0.3, 0.4) is 0 Å². The van der Waals surface area contributed by atoms with Gasteiger partial charge in [-0.2, -0.15) is 0 Å². The molecule has 1 spiro atoms. The van der Waals surface area contributed by atoms with E-state index < -0.39 is 11.6 Å². The number of nitrogens with one attached hydrogen (secondary N) is 2. The van der Waals surface area contributed by atoms with Crippen molar-refractivity contribution < 1.29 is 14.4 Å². The van der Waals surface area contributed by atoms with Crippen LogP contribution in [0.2, 0.25) is 0 Å². The molecule has 20 heavy (non-hydrogen) atoms. The van der Waals surface area contributed by atoms with Crippen LogP contribution in [0, 0.1) is 0 Å². The van der Waals surface area contributed by atoms with Gasteiger partial charge in [0.25, 0.3) is 5.91 Å². The first-order valence-corrected chi connectivity index (χ1v) is 6.54. The van der Waals surface area contributed by atoms with Crippen LogP contribution in [0.5, 0.6) is 0 Å². The van der Waals surface area contributed by atoms with E-state index in [1.807, 2.05) is 30.3 Å². The van der Waals surface area contributed by atoms with Crippen molar-refractivity contribution in [2.24, 2.45) is 0 Å². The maximum atomic E-state index is 12.2. The van der Waals surface area contributed by atoms with Crippen molar-refractivity contribution in [1.82, 2.24) is 15.5 Å². The molecule has 104 valence electrons. The quantitative estimate of drug-likeness (QED) is 0.747. The third kappa shape index (κ3) is 2.13. The van der Waals surface area contributed by atoms with Crippen molar-refractivity contribution in [1.29, 1.82) is 0 Å². The Kier molecular flexibility index (Phi) is 2.93. The van der Waals surface area contributed by atoms with Crippen LogP contribution in [0.1, 0.15) is 12.0 Å². The molecule has 0 radical (unpaired) electrons. The lowest BCUT2D eigenvalue weighted by atomic mass is 9.99. The van der Waals surface area contributed by atoms with Gasteiger partial charge in [0.2, 0.25) is 5.91 Å². The number of urea groups is 1. The van der Waals surface area contributed by atoms with Gasteiger partial charge in [-0.1, -0.05) is 30.3 Å². The molecule has 2 fully saturated rings. The van der Waals surface area contributed by atoms with Crippen molar-refractivity contribution in [3.05, 3.63) is 35.9 Å². The third-order valence-electron chi connectivity index (χ3n) is 3.83. The summed E-state index contributed by atoms with van der Waals surface area (Å²) in [6.45, 7) is 0.732. The van der Waals surface area contributed by atoms with Gasteiger partial charge < -0.3 is 10.2 Å². The molecule has 2 aliphatic rings. The van der Waals surface area contributed by atoms with Crippen molar-refractivity contribution >= 4 is 17.8 Å². The van der Waals surface area contributed by atoms with Gasteiger partial charge in [-0.3, -0.25) is 14.9 Å². The summed E-state index contributed by atoms with van der Waals surface area (Å²) in [6, 6.07) is 8.99. The van der Waals surface area contributed by atoms with Gasteiger partial charge in [0, 0.05) is 6.54 Å². The van der Waals surface area contributed by atoms with Crippen LogP contribution in [-0.2, 0) is 16.0 Å². The Morgan fingerprint density at radius 2 is 2.00 bits per heavy atom. The molecule has 2 heterocycles. The monoisotopic (exact) mass is 273 g/mol. The molecule has 6 nitrogen and oxygen atoms in total. The normalized spacial score (nSPS) is 24.9. The minimum Gasteiger partial charge on any atom is -0.339 e. The summed E-state index contributed by atoms with van der Waals surface area (Å²) < 4.78 is 0.